The number of aromatic nitrogens is 2. The van der Waals surface area contributed by atoms with Gasteiger partial charge in [-0.05, 0) is 55.8 Å². The molecule has 2 aromatic rings. The Morgan fingerprint density at radius 1 is 1.38 bits per heavy atom. The van der Waals surface area contributed by atoms with Crippen LogP contribution in [-0.2, 0) is 6.42 Å². The van der Waals surface area contributed by atoms with E-state index >= 15 is 0 Å². The summed E-state index contributed by atoms with van der Waals surface area (Å²) in [6.07, 6.45) is 4.65. The Kier molecular flexibility index (Phi) is 4.23. The van der Waals surface area contributed by atoms with Gasteiger partial charge in [-0.25, -0.2) is 4.98 Å². The summed E-state index contributed by atoms with van der Waals surface area (Å²) in [5, 5.41) is 0.757. The topological polar surface area (TPSA) is 43.8 Å². The normalized spacial score (nSPS) is 16.8. The highest BCUT2D eigenvalue weighted by molar-refractivity contribution is 6.31. The molecule has 1 aromatic heterocycles. The fraction of sp³-hybridized carbons (Fsp3) is 0.588. The van der Waals surface area contributed by atoms with Crippen molar-refractivity contribution in [2.45, 2.75) is 45.6 Å². The molecule has 1 heterocycles. The molecule has 3 nitrogen and oxygen atoms in total. The standard InChI is InChI=1S/C17H24ClN3/c1-11(2)7-12(10-19)8-17-20-15-9-13(18)3-6-16(15)21(17)14-4-5-14/h3,6,9,11-12,14H,4-5,7-8,10,19H2,1-2H3. The molecule has 0 bridgehead atoms. The second-order valence-corrected chi connectivity index (χ2v) is 7.13. The first-order valence-electron chi connectivity index (χ1n) is 7.95. The summed E-state index contributed by atoms with van der Waals surface area (Å²) >= 11 is 6.11. The maximum atomic E-state index is 6.11. The van der Waals surface area contributed by atoms with E-state index in [1.54, 1.807) is 0 Å². The lowest BCUT2D eigenvalue weighted by Crippen LogP contribution is -2.20. The SMILES string of the molecule is CC(C)CC(CN)Cc1nc2cc(Cl)ccc2n1C1CC1. The molecule has 0 saturated heterocycles. The average molecular weight is 306 g/mol. The Balaban J connectivity index is 1.95. The maximum Gasteiger partial charge on any atom is 0.110 e. The molecule has 1 aliphatic carbocycles. The van der Waals surface area contributed by atoms with Crippen LogP contribution in [0.25, 0.3) is 11.0 Å². The van der Waals surface area contributed by atoms with Gasteiger partial charge >= 0.3 is 0 Å². The number of halogens is 1. The van der Waals surface area contributed by atoms with Crippen LogP contribution in [0, 0.1) is 11.8 Å². The van der Waals surface area contributed by atoms with E-state index < -0.39 is 0 Å². The van der Waals surface area contributed by atoms with Crippen LogP contribution < -0.4 is 5.73 Å². The number of nitrogens with zero attached hydrogens (tertiary/aromatic N) is 2. The number of imidazole rings is 1. The van der Waals surface area contributed by atoms with E-state index in [0.717, 1.165) is 29.9 Å². The van der Waals surface area contributed by atoms with Gasteiger partial charge < -0.3 is 10.3 Å². The minimum absolute atomic E-state index is 0.509. The smallest absolute Gasteiger partial charge is 0.110 e. The second-order valence-electron chi connectivity index (χ2n) is 6.70. The lowest BCUT2D eigenvalue weighted by Gasteiger charge is -2.17. The van der Waals surface area contributed by atoms with Crippen LogP contribution >= 0.6 is 11.6 Å². The summed E-state index contributed by atoms with van der Waals surface area (Å²) in [5.41, 5.74) is 8.21. The average Bonchev–Trinajstić information content (AvgIpc) is 3.19. The Hall–Kier alpha value is -1.06. The van der Waals surface area contributed by atoms with Crippen molar-refractivity contribution in [1.82, 2.24) is 9.55 Å². The number of rotatable bonds is 6. The minimum Gasteiger partial charge on any atom is -0.330 e. The molecule has 114 valence electrons. The zero-order valence-corrected chi connectivity index (χ0v) is 13.6. The fourth-order valence-corrected chi connectivity index (χ4v) is 3.36. The minimum atomic E-state index is 0.509. The van der Waals surface area contributed by atoms with Crippen molar-refractivity contribution in [3.8, 4) is 0 Å². The summed E-state index contributed by atoms with van der Waals surface area (Å²) in [6.45, 7) is 5.24. The van der Waals surface area contributed by atoms with E-state index in [4.69, 9.17) is 22.3 Å². The van der Waals surface area contributed by atoms with Crippen LogP contribution in [0.3, 0.4) is 0 Å². The first kappa shape index (κ1) is 14.9. The van der Waals surface area contributed by atoms with Crippen molar-refractivity contribution in [3.05, 3.63) is 29.0 Å². The van der Waals surface area contributed by atoms with Gasteiger partial charge in [-0.3, -0.25) is 0 Å². The quantitative estimate of drug-likeness (QED) is 0.869. The van der Waals surface area contributed by atoms with Crippen LogP contribution in [0.15, 0.2) is 18.2 Å². The Bertz CT molecular complexity index is 628. The molecule has 2 N–H and O–H groups in total. The number of benzene rings is 1. The van der Waals surface area contributed by atoms with Crippen molar-refractivity contribution in [2.75, 3.05) is 6.54 Å². The molecule has 21 heavy (non-hydrogen) atoms. The number of hydrogen-bond donors (Lipinski definition) is 1. The highest BCUT2D eigenvalue weighted by Gasteiger charge is 2.29. The molecule has 0 amide bonds. The summed E-state index contributed by atoms with van der Waals surface area (Å²) in [7, 11) is 0. The molecular formula is C17H24ClN3. The molecule has 4 heteroatoms. The molecule has 3 rings (SSSR count). The molecule has 1 aromatic carbocycles. The number of nitrogens with two attached hydrogens (primary N) is 1. The lowest BCUT2D eigenvalue weighted by atomic mass is 9.94. The lowest BCUT2D eigenvalue weighted by molar-refractivity contribution is 0.403. The van der Waals surface area contributed by atoms with Gasteiger partial charge in [0.1, 0.15) is 5.82 Å². The van der Waals surface area contributed by atoms with E-state index in [0.29, 0.717) is 17.9 Å². The third-order valence-corrected chi connectivity index (χ3v) is 4.48. The van der Waals surface area contributed by atoms with Crippen molar-refractivity contribution < 1.29 is 0 Å². The van der Waals surface area contributed by atoms with E-state index in [-0.39, 0.29) is 0 Å². The van der Waals surface area contributed by atoms with E-state index in [9.17, 15) is 0 Å². The van der Waals surface area contributed by atoms with Crippen LogP contribution in [-0.4, -0.2) is 16.1 Å². The van der Waals surface area contributed by atoms with Crippen molar-refractivity contribution in [3.63, 3.8) is 0 Å². The number of fused-ring (bicyclic) bond motifs is 1. The zero-order chi connectivity index (χ0) is 15.0. The second kappa shape index (κ2) is 5.98. The molecule has 0 aliphatic heterocycles. The van der Waals surface area contributed by atoms with Crippen LogP contribution in [0.5, 0.6) is 0 Å². The van der Waals surface area contributed by atoms with E-state index in [1.807, 2.05) is 12.1 Å². The van der Waals surface area contributed by atoms with E-state index in [1.165, 1.54) is 24.2 Å². The molecule has 0 radical (unpaired) electrons. The Morgan fingerprint density at radius 2 is 2.14 bits per heavy atom. The molecule has 1 saturated carbocycles. The summed E-state index contributed by atoms with van der Waals surface area (Å²) < 4.78 is 2.43. The van der Waals surface area contributed by atoms with Gasteiger partial charge in [0.15, 0.2) is 0 Å². The third-order valence-electron chi connectivity index (χ3n) is 4.25. The van der Waals surface area contributed by atoms with Crippen molar-refractivity contribution >= 4 is 22.6 Å². The van der Waals surface area contributed by atoms with Gasteiger partial charge in [0.2, 0.25) is 0 Å². The van der Waals surface area contributed by atoms with E-state index in [2.05, 4.69) is 24.5 Å². The van der Waals surface area contributed by atoms with Crippen LogP contribution in [0.2, 0.25) is 5.02 Å². The summed E-state index contributed by atoms with van der Waals surface area (Å²) in [5.74, 6) is 2.37. The van der Waals surface area contributed by atoms with Gasteiger partial charge in [-0.15, -0.1) is 0 Å². The van der Waals surface area contributed by atoms with Crippen molar-refractivity contribution in [1.29, 1.82) is 0 Å². The van der Waals surface area contributed by atoms with Crippen LogP contribution in [0.4, 0.5) is 0 Å². The summed E-state index contributed by atoms with van der Waals surface area (Å²) in [4.78, 5) is 4.85. The third kappa shape index (κ3) is 3.24. The van der Waals surface area contributed by atoms with Crippen LogP contribution in [0.1, 0.15) is 45.0 Å². The predicted octanol–water partition coefficient (Wildman–Crippen LogP) is 4.19. The maximum absolute atomic E-state index is 6.11. The molecule has 1 aliphatic rings. The highest BCUT2D eigenvalue weighted by atomic mass is 35.5. The number of hydrogen-bond acceptors (Lipinski definition) is 2. The fourth-order valence-electron chi connectivity index (χ4n) is 3.19. The molecule has 1 fully saturated rings. The predicted molar refractivity (Wildman–Crippen MR) is 88.7 cm³/mol. The van der Waals surface area contributed by atoms with Gasteiger partial charge in [0.25, 0.3) is 0 Å². The first-order chi connectivity index (χ1) is 10.1. The van der Waals surface area contributed by atoms with Crippen molar-refractivity contribution in [2.24, 2.45) is 17.6 Å². The molecule has 1 atom stereocenters. The molecule has 0 spiro atoms. The Labute approximate surface area is 131 Å². The highest BCUT2D eigenvalue weighted by Crippen LogP contribution is 2.39. The largest absolute Gasteiger partial charge is 0.330 e. The van der Waals surface area contributed by atoms with Gasteiger partial charge in [0.05, 0.1) is 11.0 Å². The van der Waals surface area contributed by atoms with Gasteiger partial charge in [-0.2, -0.15) is 0 Å². The monoisotopic (exact) mass is 305 g/mol. The molecular weight excluding hydrogens is 282 g/mol. The summed E-state index contributed by atoms with van der Waals surface area (Å²) in [6, 6.07) is 6.66. The van der Waals surface area contributed by atoms with Gasteiger partial charge in [-0.1, -0.05) is 25.4 Å². The zero-order valence-electron chi connectivity index (χ0n) is 12.8. The Morgan fingerprint density at radius 3 is 2.76 bits per heavy atom. The molecule has 1 unspecified atom stereocenters. The van der Waals surface area contributed by atoms with Gasteiger partial charge in [0, 0.05) is 17.5 Å². The first-order valence-corrected chi connectivity index (χ1v) is 8.32.